The van der Waals surface area contributed by atoms with Crippen LogP contribution < -0.4 is 5.73 Å². The maximum Gasteiger partial charge on any atom is 0.254 e. The van der Waals surface area contributed by atoms with E-state index in [0.29, 0.717) is 23.6 Å². The van der Waals surface area contributed by atoms with Crippen molar-refractivity contribution >= 4 is 23.1 Å². The molecule has 0 unspecified atom stereocenters. The van der Waals surface area contributed by atoms with Crippen molar-refractivity contribution in [2.45, 2.75) is 26.1 Å². The average molecular weight is 278 g/mol. The number of carbonyl (C=O) groups excluding carboxylic acids is 1. The van der Waals surface area contributed by atoms with Crippen molar-refractivity contribution in [2.75, 3.05) is 13.1 Å². The summed E-state index contributed by atoms with van der Waals surface area (Å²) < 4.78 is 5.63. The number of amides is 1. The van der Waals surface area contributed by atoms with Crippen molar-refractivity contribution < 1.29 is 9.53 Å². The molecule has 0 aromatic heterocycles. The van der Waals surface area contributed by atoms with E-state index in [4.69, 9.17) is 22.7 Å². The molecular formula is C14H18N2O2S. The lowest BCUT2D eigenvalue weighted by molar-refractivity contribution is -0.0586. The molecule has 2 rings (SSSR count). The molecule has 0 aliphatic carbocycles. The molecule has 0 spiro atoms. The van der Waals surface area contributed by atoms with E-state index < -0.39 is 0 Å². The molecule has 2 N–H and O–H groups in total. The fourth-order valence-corrected chi connectivity index (χ4v) is 2.46. The second kappa shape index (κ2) is 5.67. The molecule has 19 heavy (non-hydrogen) atoms. The van der Waals surface area contributed by atoms with Crippen LogP contribution in [0.4, 0.5) is 0 Å². The molecule has 1 aromatic carbocycles. The maximum absolute atomic E-state index is 12.5. The second-order valence-corrected chi connectivity index (χ2v) is 5.35. The minimum Gasteiger partial charge on any atom is -0.389 e. The van der Waals surface area contributed by atoms with Crippen LogP contribution in [-0.2, 0) is 4.74 Å². The van der Waals surface area contributed by atoms with Crippen molar-refractivity contribution in [3.05, 3.63) is 35.4 Å². The zero-order valence-corrected chi connectivity index (χ0v) is 11.9. The normalized spacial score (nSPS) is 23.2. The third-order valence-corrected chi connectivity index (χ3v) is 3.34. The first-order valence-corrected chi connectivity index (χ1v) is 6.73. The molecule has 1 aromatic rings. The van der Waals surface area contributed by atoms with Gasteiger partial charge in [0, 0.05) is 24.2 Å². The molecule has 5 heteroatoms. The number of nitrogens with two attached hydrogens (primary N) is 1. The highest BCUT2D eigenvalue weighted by atomic mass is 32.1. The summed E-state index contributed by atoms with van der Waals surface area (Å²) in [6.45, 7) is 5.17. The van der Waals surface area contributed by atoms with Crippen LogP contribution >= 0.6 is 12.2 Å². The predicted molar refractivity (Wildman–Crippen MR) is 78.2 cm³/mol. The summed E-state index contributed by atoms with van der Waals surface area (Å²) in [6.07, 6.45) is 0.123. The molecule has 1 aliphatic heterocycles. The van der Waals surface area contributed by atoms with Crippen molar-refractivity contribution in [1.29, 1.82) is 0 Å². The van der Waals surface area contributed by atoms with E-state index in [9.17, 15) is 4.79 Å². The molecule has 102 valence electrons. The van der Waals surface area contributed by atoms with E-state index in [2.05, 4.69) is 0 Å². The van der Waals surface area contributed by atoms with Gasteiger partial charge in [0.25, 0.3) is 5.91 Å². The lowest BCUT2D eigenvalue weighted by Gasteiger charge is -2.35. The third-order valence-electron chi connectivity index (χ3n) is 3.10. The molecule has 1 saturated heterocycles. The molecule has 0 bridgehead atoms. The minimum atomic E-state index is 0.0000926. The maximum atomic E-state index is 12.5. The highest BCUT2D eigenvalue weighted by Crippen LogP contribution is 2.15. The van der Waals surface area contributed by atoms with Gasteiger partial charge in [-0.25, -0.2) is 0 Å². The van der Waals surface area contributed by atoms with Gasteiger partial charge in [-0.1, -0.05) is 24.4 Å². The number of rotatable bonds is 2. The quantitative estimate of drug-likeness (QED) is 0.834. The van der Waals surface area contributed by atoms with Crippen LogP contribution in [0.1, 0.15) is 29.8 Å². The Morgan fingerprint density at radius 2 is 1.89 bits per heavy atom. The Labute approximate surface area is 118 Å². The van der Waals surface area contributed by atoms with Crippen molar-refractivity contribution in [2.24, 2.45) is 5.73 Å². The van der Waals surface area contributed by atoms with Gasteiger partial charge in [-0.2, -0.15) is 0 Å². The SMILES string of the molecule is C[C@@H]1CN(C(=O)c2cccc(C(N)=S)c2)C[C@H](C)O1. The molecule has 2 atom stereocenters. The summed E-state index contributed by atoms with van der Waals surface area (Å²) in [5.74, 6) is 0.0000926. The molecule has 0 radical (unpaired) electrons. The summed E-state index contributed by atoms with van der Waals surface area (Å²) in [4.78, 5) is 14.6. The Bertz CT molecular complexity index is 494. The first-order valence-electron chi connectivity index (χ1n) is 6.32. The highest BCUT2D eigenvalue weighted by molar-refractivity contribution is 7.80. The van der Waals surface area contributed by atoms with Crippen molar-refractivity contribution in [1.82, 2.24) is 4.90 Å². The van der Waals surface area contributed by atoms with E-state index in [0.717, 1.165) is 5.56 Å². The smallest absolute Gasteiger partial charge is 0.254 e. The molecule has 0 saturated carbocycles. The van der Waals surface area contributed by atoms with Gasteiger partial charge in [0.1, 0.15) is 4.99 Å². The molecule has 4 nitrogen and oxygen atoms in total. The summed E-state index contributed by atoms with van der Waals surface area (Å²) in [6, 6.07) is 7.14. The van der Waals surface area contributed by atoms with Gasteiger partial charge in [-0.15, -0.1) is 0 Å². The lowest BCUT2D eigenvalue weighted by Crippen LogP contribution is -2.48. The van der Waals surface area contributed by atoms with Crippen LogP contribution in [-0.4, -0.2) is 41.1 Å². The topological polar surface area (TPSA) is 55.6 Å². The van der Waals surface area contributed by atoms with Gasteiger partial charge in [0.05, 0.1) is 12.2 Å². The van der Waals surface area contributed by atoms with Crippen molar-refractivity contribution in [3.8, 4) is 0 Å². The van der Waals surface area contributed by atoms with E-state index in [1.165, 1.54) is 0 Å². The van der Waals surface area contributed by atoms with Gasteiger partial charge in [-0.05, 0) is 26.0 Å². The number of hydrogen-bond donors (Lipinski definition) is 1. The summed E-state index contributed by atoms with van der Waals surface area (Å²) >= 11 is 4.94. The number of hydrogen-bond acceptors (Lipinski definition) is 3. The zero-order valence-electron chi connectivity index (χ0n) is 11.1. The Balaban J connectivity index is 2.19. The zero-order chi connectivity index (χ0) is 14.0. The number of nitrogens with zero attached hydrogens (tertiary/aromatic N) is 1. The van der Waals surface area contributed by atoms with Crippen molar-refractivity contribution in [3.63, 3.8) is 0 Å². The summed E-state index contributed by atoms with van der Waals surface area (Å²) in [7, 11) is 0. The van der Waals surface area contributed by atoms with E-state index in [1.54, 1.807) is 18.2 Å². The minimum absolute atomic E-state index is 0.0000926. The fraction of sp³-hybridized carbons (Fsp3) is 0.429. The number of morpholine rings is 1. The number of carbonyl (C=O) groups is 1. The Morgan fingerprint density at radius 3 is 2.47 bits per heavy atom. The molecular weight excluding hydrogens is 260 g/mol. The van der Waals surface area contributed by atoms with Gasteiger partial charge in [0.2, 0.25) is 0 Å². The number of thiocarbonyl (C=S) groups is 1. The fourth-order valence-electron chi connectivity index (χ4n) is 2.33. The van der Waals surface area contributed by atoms with E-state index in [1.807, 2.05) is 24.8 Å². The number of ether oxygens (including phenoxy) is 1. The molecule has 1 aliphatic rings. The van der Waals surface area contributed by atoms with Gasteiger partial charge >= 0.3 is 0 Å². The lowest BCUT2D eigenvalue weighted by atomic mass is 10.1. The van der Waals surface area contributed by atoms with E-state index >= 15 is 0 Å². The molecule has 1 fully saturated rings. The first-order chi connectivity index (χ1) is 8.97. The summed E-state index contributed by atoms with van der Waals surface area (Å²) in [5.41, 5.74) is 6.93. The Morgan fingerprint density at radius 1 is 1.32 bits per heavy atom. The monoisotopic (exact) mass is 278 g/mol. The summed E-state index contributed by atoms with van der Waals surface area (Å²) in [5, 5.41) is 0. The van der Waals surface area contributed by atoms with Gasteiger partial charge in [-0.3, -0.25) is 4.79 Å². The van der Waals surface area contributed by atoms with Crippen LogP contribution in [0.25, 0.3) is 0 Å². The number of benzene rings is 1. The second-order valence-electron chi connectivity index (χ2n) is 4.91. The Hall–Kier alpha value is -1.46. The van der Waals surface area contributed by atoms with E-state index in [-0.39, 0.29) is 18.1 Å². The van der Waals surface area contributed by atoms with Gasteiger partial charge < -0.3 is 15.4 Å². The molecule has 1 amide bonds. The standard InChI is InChI=1S/C14H18N2O2S/c1-9-7-16(8-10(2)18-9)14(17)12-5-3-4-11(6-12)13(15)19/h3-6,9-10H,7-8H2,1-2H3,(H2,15,19)/t9-,10+. The van der Waals surface area contributed by atoms with Crippen LogP contribution in [0.5, 0.6) is 0 Å². The highest BCUT2D eigenvalue weighted by Gasteiger charge is 2.26. The van der Waals surface area contributed by atoms with Crippen LogP contribution in [0.15, 0.2) is 24.3 Å². The van der Waals surface area contributed by atoms with Gasteiger partial charge in [0.15, 0.2) is 0 Å². The molecule has 1 heterocycles. The average Bonchev–Trinajstić information content (AvgIpc) is 2.37. The van der Waals surface area contributed by atoms with Crippen LogP contribution in [0.3, 0.4) is 0 Å². The largest absolute Gasteiger partial charge is 0.389 e. The Kier molecular flexibility index (Phi) is 4.17. The predicted octanol–water partition coefficient (Wildman–Crippen LogP) is 1.57. The third kappa shape index (κ3) is 3.30. The van der Waals surface area contributed by atoms with Crippen LogP contribution in [0, 0.1) is 0 Å². The van der Waals surface area contributed by atoms with Crippen LogP contribution in [0.2, 0.25) is 0 Å². The first kappa shape index (κ1) is 14.0.